The van der Waals surface area contributed by atoms with Gasteiger partial charge in [-0.05, 0) is 26.8 Å². The number of pyridine rings is 1. The second-order valence-electron chi connectivity index (χ2n) is 4.02. The molecule has 92 valence electrons. The highest BCUT2D eigenvalue weighted by molar-refractivity contribution is 6.30. The number of hydrogen-bond acceptors (Lipinski definition) is 4. The number of halogens is 1. The molecule has 1 atom stereocenters. The molecule has 5 nitrogen and oxygen atoms in total. The summed E-state index contributed by atoms with van der Waals surface area (Å²) in [7, 11) is 0. The maximum Gasteiger partial charge on any atom is 0.328 e. The SMILES string of the molecule is CC(=O)c1cc([C@](C)(N)C(=O)O)c(Cl)nc1C. The van der Waals surface area contributed by atoms with E-state index < -0.39 is 11.5 Å². The van der Waals surface area contributed by atoms with Crippen LogP contribution in [0.1, 0.15) is 35.5 Å². The molecule has 1 aromatic rings. The van der Waals surface area contributed by atoms with Crippen LogP contribution in [0.5, 0.6) is 0 Å². The van der Waals surface area contributed by atoms with Crippen LogP contribution in [0.15, 0.2) is 6.07 Å². The Morgan fingerprint density at radius 3 is 2.47 bits per heavy atom. The molecule has 0 radical (unpaired) electrons. The smallest absolute Gasteiger partial charge is 0.328 e. The van der Waals surface area contributed by atoms with Gasteiger partial charge < -0.3 is 10.8 Å². The second-order valence-corrected chi connectivity index (χ2v) is 4.38. The molecule has 0 aliphatic carbocycles. The Balaban J connectivity index is 3.50. The number of rotatable bonds is 3. The number of nitrogens with zero attached hydrogens (tertiary/aromatic N) is 1. The number of carbonyl (C=O) groups excluding carboxylic acids is 1. The van der Waals surface area contributed by atoms with Crippen LogP contribution in [0.2, 0.25) is 5.15 Å². The third-order valence-electron chi connectivity index (χ3n) is 2.55. The van der Waals surface area contributed by atoms with Crippen molar-refractivity contribution in [3.63, 3.8) is 0 Å². The van der Waals surface area contributed by atoms with Crippen molar-refractivity contribution in [3.8, 4) is 0 Å². The molecule has 1 rings (SSSR count). The number of aromatic nitrogens is 1. The van der Waals surface area contributed by atoms with E-state index in [1.807, 2.05) is 0 Å². The van der Waals surface area contributed by atoms with Crippen molar-refractivity contribution >= 4 is 23.4 Å². The van der Waals surface area contributed by atoms with E-state index in [-0.39, 0.29) is 16.5 Å². The molecule has 0 amide bonds. The maximum atomic E-state index is 11.4. The van der Waals surface area contributed by atoms with Crippen molar-refractivity contribution in [1.82, 2.24) is 4.98 Å². The minimum atomic E-state index is -1.68. The molecule has 6 heteroatoms. The van der Waals surface area contributed by atoms with Crippen molar-refractivity contribution in [2.75, 3.05) is 0 Å². The van der Waals surface area contributed by atoms with Crippen LogP contribution in [0.25, 0.3) is 0 Å². The van der Waals surface area contributed by atoms with Gasteiger partial charge in [0.15, 0.2) is 5.78 Å². The van der Waals surface area contributed by atoms with Gasteiger partial charge in [0.2, 0.25) is 0 Å². The van der Waals surface area contributed by atoms with Gasteiger partial charge in [0.05, 0.1) is 0 Å². The Labute approximate surface area is 104 Å². The molecule has 0 unspecified atom stereocenters. The average molecular weight is 257 g/mol. The van der Waals surface area contributed by atoms with Gasteiger partial charge in [-0.3, -0.25) is 4.79 Å². The molecule has 0 saturated carbocycles. The summed E-state index contributed by atoms with van der Waals surface area (Å²) in [5, 5.41) is 9.02. The summed E-state index contributed by atoms with van der Waals surface area (Å²) in [6.45, 7) is 4.30. The number of aliphatic carboxylic acids is 1. The Morgan fingerprint density at radius 1 is 1.53 bits per heavy atom. The third kappa shape index (κ3) is 2.45. The fourth-order valence-corrected chi connectivity index (χ4v) is 1.79. The summed E-state index contributed by atoms with van der Waals surface area (Å²) >= 11 is 5.87. The van der Waals surface area contributed by atoms with Crippen molar-refractivity contribution in [2.24, 2.45) is 5.73 Å². The molecule has 0 aromatic carbocycles. The Kier molecular flexibility index (Phi) is 3.54. The lowest BCUT2D eigenvalue weighted by molar-refractivity contribution is -0.143. The van der Waals surface area contributed by atoms with E-state index in [1.165, 1.54) is 19.9 Å². The number of Topliss-reactive ketones (excluding diaryl/α,β-unsaturated/α-hetero) is 1. The minimum Gasteiger partial charge on any atom is -0.480 e. The van der Waals surface area contributed by atoms with Crippen molar-refractivity contribution in [2.45, 2.75) is 26.3 Å². The molecular formula is C11H13ClN2O3. The lowest BCUT2D eigenvalue weighted by atomic mass is 9.92. The number of aryl methyl sites for hydroxylation is 1. The molecule has 17 heavy (non-hydrogen) atoms. The number of carboxylic acids is 1. The second kappa shape index (κ2) is 4.43. The Morgan fingerprint density at radius 2 is 2.06 bits per heavy atom. The highest BCUT2D eigenvalue weighted by atomic mass is 35.5. The lowest BCUT2D eigenvalue weighted by Gasteiger charge is -2.21. The summed E-state index contributed by atoms with van der Waals surface area (Å²) in [5.41, 5.74) is 4.89. The van der Waals surface area contributed by atoms with Crippen molar-refractivity contribution in [3.05, 3.63) is 28.0 Å². The highest BCUT2D eigenvalue weighted by Crippen LogP contribution is 2.27. The zero-order valence-electron chi connectivity index (χ0n) is 9.74. The van der Waals surface area contributed by atoms with Gasteiger partial charge in [0, 0.05) is 16.8 Å². The molecule has 0 fully saturated rings. The first-order valence-electron chi connectivity index (χ1n) is 4.88. The molecule has 1 heterocycles. The van der Waals surface area contributed by atoms with Gasteiger partial charge in [0.25, 0.3) is 0 Å². The van der Waals surface area contributed by atoms with E-state index in [2.05, 4.69) is 4.98 Å². The van der Waals surface area contributed by atoms with Crippen LogP contribution in [-0.2, 0) is 10.3 Å². The quantitative estimate of drug-likeness (QED) is 0.631. The zero-order valence-corrected chi connectivity index (χ0v) is 10.5. The van der Waals surface area contributed by atoms with Gasteiger partial charge in [0.1, 0.15) is 10.7 Å². The van der Waals surface area contributed by atoms with Crippen LogP contribution >= 0.6 is 11.6 Å². The summed E-state index contributed by atoms with van der Waals surface area (Å²) in [5.74, 6) is -1.45. The van der Waals surface area contributed by atoms with Gasteiger partial charge in [-0.25, -0.2) is 9.78 Å². The number of hydrogen-bond donors (Lipinski definition) is 2. The van der Waals surface area contributed by atoms with E-state index in [4.69, 9.17) is 22.4 Å². The molecule has 3 N–H and O–H groups in total. The topological polar surface area (TPSA) is 93.3 Å². The van der Waals surface area contributed by atoms with Gasteiger partial charge >= 0.3 is 5.97 Å². The van der Waals surface area contributed by atoms with Crippen LogP contribution in [0, 0.1) is 6.92 Å². The van der Waals surface area contributed by atoms with Crippen LogP contribution < -0.4 is 5.73 Å². The lowest BCUT2D eigenvalue weighted by Crippen LogP contribution is -2.42. The molecule has 0 aliphatic heterocycles. The normalized spacial score (nSPS) is 14.2. The van der Waals surface area contributed by atoms with Crippen LogP contribution in [0.3, 0.4) is 0 Å². The summed E-state index contributed by atoms with van der Waals surface area (Å²) in [4.78, 5) is 26.3. The van der Waals surface area contributed by atoms with E-state index in [9.17, 15) is 9.59 Å². The number of carboxylic acid groups (broad SMARTS) is 1. The summed E-state index contributed by atoms with van der Waals surface area (Å²) in [6, 6.07) is 1.39. The van der Waals surface area contributed by atoms with Gasteiger partial charge in [-0.1, -0.05) is 11.6 Å². The molecular weight excluding hydrogens is 244 g/mol. The number of carbonyl (C=O) groups is 2. The maximum absolute atomic E-state index is 11.4. The largest absolute Gasteiger partial charge is 0.480 e. The van der Waals surface area contributed by atoms with E-state index >= 15 is 0 Å². The first-order chi connectivity index (χ1) is 7.67. The van der Waals surface area contributed by atoms with E-state index in [1.54, 1.807) is 6.92 Å². The van der Waals surface area contributed by atoms with Crippen molar-refractivity contribution < 1.29 is 14.7 Å². The third-order valence-corrected chi connectivity index (χ3v) is 2.84. The zero-order chi connectivity index (χ0) is 13.4. The van der Waals surface area contributed by atoms with Crippen LogP contribution in [-0.4, -0.2) is 21.8 Å². The van der Waals surface area contributed by atoms with Crippen LogP contribution in [0.4, 0.5) is 0 Å². The van der Waals surface area contributed by atoms with E-state index in [0.717, 1.165) is 0 Å². The number of ketones is 1. The van der Waals surface area contributed by atoms with Gasteiger partial charge in [-0.15, -0.1) is 0 Å². The Hall–Kier alpha value is -1.46. The number of nitrogens with two attached hydrogens (primary N) is 1. The molecule has 0 bridgehead atoms. The van der Waals surface area contributed by atoms with Crippen molar-refractivity contribution in [1.29, 1.82) is 0 Å². The minimum absolute atomic E-state index is 0.0000926. The average Bonchev–Trinajstić information content (AvgIpc) is 2.15. The van der Waals surface area contributed by atoms with Gasteiger partial charge in [-0.2, -0.15) is 0 Å². The Bertz CT molecular complexity index is 498. The predicted molar refractivity (Wildman–Crippen MR) is 63.2 cm³/mol. The predicted octanol–water partition coefficient (Wildman–Crippen LogP) is 1.50. The standard InChI is InChI=1S/C11H13ClN2O3/c1-5-7(6(2)15)4-8(9(12)14-5)11(3,13)10(16)17/h4H,13H2,1-3H3,(H,16,17)/t11-/m0/s1. The van der Waals surface area contributed by atoms with E-state index in [0.29, 0.717) is 11.3 Å². The molecule has 1 aromatic heterocycles. The highest BCUT2D eigenvalue weighted by Gasteiger charge is 2.34. The summed E-state index contributed by atoms with van der Waals surface area (Å²) in [6.07, 6.45) is 0. The fourth-order valence-electron chi connectivity index (χ4n) is 1.41. The first kappa shape index (κ1) is 13.6. The summed E-state index contributed by atoms with van der Waals surface area (Å²) < 4.78 is 0. The molecule has 0 aliphatic rings. The molecule has 0 saturated heterocycles. The fraction of sp³-hybridized carbons (Fsp3) is 0.364. The first-order valence-corrected chi connectivity index (χ1v) is 5.26. The monoisotopic (exact) mass is 256 g/mol. The molecule has 0 spiro atoms.